The first-order chi connectivity index (χ1) is 13.4. The predicted octanol–water partition coefficient (Wildman–Crippen LogP) is 1.49. The molecule has 148 valence electrons. The molecule has 7 heteroatoms. The Morgan fingerprint density at radius 2 is 1.68 bits per heavy atom. The Hall–Kier alpha value is -2.96. The second-order valence-corrected chi connectivity index (χ2v) is 7.25. The lowest BCUT2D eigenvalue weighted by Crippen LogP contribution is -2.40. The van der Waals surface area contributed by atoms with Gasteiger partial charge in [-0.1, -0.05) is 42.0 Å². The maximum Gasteiger partial charge on any atom is 0.326 e. The summed E-state index contributed by atoms with van der Waals surface area (Å²) in [5.41, 5.74) is 2.06. The zero-order chi connectivity index (χ0) is 20.3. The highest BCUT2D eigenvalue weighted by atomic mass is 16.5. The summed E-state index contributed by atoms with van der Waals surface area (Å²) in [6, 6.07) is 7.71. The number of nitrogens with one attached hydrogen (secondary N) is 1. The summed E-state index contributed by atoms with van der Waals surface area (Å²) in [6.07, 6.45) is 3.77. The number of nitrogens with zero attached hydrogens (tertiary/aromatic N) is 1. The second-order valence-electron chi connectivity index (χ2n) is 7.25. The van der Waals surface area contributed by atoms with Gasteiger partial charge < -0.3 is 10.1 Å². The number of carbonyl (C=O) groups is 4. The lowest BCUT2D eigenvalue weighted by Gasteiger charge is -2.17. The minimum atomic E-state index is -1.02. The fraction of sp³-hybridized carbons (Fsp3) is 0.429. The summed E-state index contributed by atoms with van der Waals surface area (Å²) in [5, 5.41) is 2.70. The molecule has 3 amide bonds. The highest BCUT2D eigenvalue weighted by Gasteiger charge is 2.47. The highest BCUT2D eigenvalue weighted by Crippen LogP contribution is 2.34. The van der Waals surface area contributed by atoms with Gasteiger partial charge in [0.1, 0.15) is 6.54 Å². The molecule has 1 aromatic rings. The van der Waals surface area contributed by atoms with E-state index in [1.54, 1.807) is 0 Å². The first kappa shape index (κ1) is 19.8. The van der Waals surface area contributed by atoms with Gasteiger partial charge in [-0.05, 0) is 32.3 Å². The molecule has 28 heavy (non-hydrogen) atoms. The number of esters is 1. The quantitative estimate of drug-likeness (QED) is 0.456. The molecule has 0 bridgehead atoms. The van der Waals surface area contributed by atoms with Crippen LogP contribution in [0.2, 0.25) is 0 Å². The van der Waals surface area contributed by atoms with Crippen LogP contribution in [-0.2, 0) is 30.5 Å². The Labute approximate surface area is 163 Å². The number of allylic oxidation sites excluding steroid dienone is 2. The smallest absolute Gasteiger partial charge is 0.326 e. The monoisotopic (exact) mass is 384 g/mol. The molecule has 0 spiro atoms. The summed E-state index contributed by atoms with van der Waals surface area (Å²) >= 11 is 0. The average molecular weight is 384 g/mol. The van der Waals surface area contributed by atoms with E-state index in [-0.39, 0.29) is 23.7 Å². The van der Waals surface area contributed by atoms with E-state index in [9.17, 15) is 19.2 Å². The molecule has 1 aromatic carbocycles. The molecule has 1 aliphatic carbocycles. The standard InChI is InChI=1S/C21H24N2O5/c1-13-7-9-15(10-8-13)11-22-19(25)14(2)28-18(24)12-23-20(26)16-5-3-4-6-17(16)21(23)27/h3-4,7-10,14,16-17H,5-6,11-12H2,1-2H3,(H,22,25)/t14-,16-,17+/m0/s1. The van der Waals surface area contributed by atoms with E-state index in [0.29, 0.717) is 19.4 Å². The molecule has 1 heterocycles. The van der Waals surface area contributed by atoms with Gasteiger partial charge in [-0.3, -0.25) is 24.1 Å². The number of rotatable bonds is 6. The van der Waals surface area contributed by atoms with E-state index < -0.39 is 24.5 Å². The molecule has 7 nitrogen and oxygen atoms in total. The van der Waals surface area contributed by atoms with Crippen molar-refractivity contribution < 1.29 is 23.9 Å². The van der Waals surface area contributed by atoms with E-state index in [4.69, 9.17) is 4.74 Å². The van der Waals surface area contributed by atoms with Crippen LogP contribution in [0.4, 0.5) is 0 Å². The van der Waals surface area contributed by atoms with Gasteiger partial charge in [0.05, 0.1) is 11.8 Å². The van der Waals surface area contributed by atoms with Gasteiger partial charge in [-0.2, -0.15) is 0 Å². The van der Waals surface area contributed by atoms with E-state index in [2.05, 4.69) is 5.32 Å². The summed E-state index contributed by atoms with van der Waals surface area (Å²) in [4.78, 5) is 50.0. The first-order valence-electron chi connectivity index (χ1n) is 9.39. The van der Waals surface area contributed by atoms with Crippen molar-refractivity contribution in [2.45, 2.75) is 39.3 Å². The van der Waals surface area contributed by atoms with Crippen LogP contribution < -0.4 is 5.32 Å². The Morgan fingerprint density at radius 3 is 2.25 bits per heavy atom. The minimum absolute atomic E-state index is 0.320. The highest BCUT2D eigenvalue weighted by molar-refractivity contribution is 6.07. The average Bonchev–Trinajstić information content (AvgIpc) is 2.92. The first-order valence-corrected chi connectivity index (χ1v) is 9.39. The van der Waals surface area contributed by atoms with Gasteiger partial charge in [-0.15, -0.1) is 0 Å². The van der Waals surface area contributed by atoms with Crippen molar-refractivity contribution in [3.63, 3.8) is 0 Å². The molecule has 1 saturated heterocycles. The van der Waals surface area contributed by atoms with E-state index in [1.807, 2.05) is 43.3 Å². The third-order valence-corrected chi connectivity index (χ3v) is 5.15. The number of imide groups is 1. The van der Waals surface area contributed by atoms with Gasteiger partial charge in [0, 0.05) is 6.54 Å². The van der Waals surface area contributed by atoms with Crippen LogP contribution in [-0.4, -0.2) is 41.2 Å². The summed E-state index contributed by atoms with van der Waals surface area (Å²) in [6.45, 7) is 3.30. The summed E-state index contributed by atoms with van der Waals surface area (Å²) in [7, 11) is 0. The van der Waals surface area contributed by atoms with Crippen molar-refractivity contribution >= 4 is 23.7 Å². The van der Waals surface area contributed by atoms with Crippen molar-refractivity contribution in [2.75, 3.05) is 6.54 Å². The van der Waals surface area contributed by atoms with Crippen LogP contribution in [0.25, 0.3) is 0 Å². The van der Waals surface area contributed by atoms with Crippen LogP contribution in [0, 0.1) is 18.8 Å². The molecule has 0 saturated carbocycles. The van der Waals surface area contributed by atoms with Gasteiger partial charge >= 0.3 is 5.97 Å². The van der Waals surface area contributed by atoms with Crippen LogP contribution in [0.1, 0.15) is 30.9 Å². The van der Waals surface area contributed by atoms with E-state index in [0.717, 1.165) is 16.0 Å². The van der Waals surface area contributed by atoms with Crippen LogP contribution >= 0.6 is 0 Å². The third kappa shape index (κ3) is 4.30. The molecular weight excluding hydrogens is 360 g/mol. The predicted molar refractivity (Wildman–Crippen MR) is 101 cm³/mol. The molecule has 2 aliphatic rings. The largest absolute Gasteiger partial charge is 0.451 e. The summed E-state index contributed by atoms with van der Waals surface area (Å²) < 4.78 is 5.12. The van der Waals surface area contributed by atoms with Crippen molar-refractivity contribution in [1.29, 1.82) is 0 Å². The van der Waals surface area contributed by atoms with Crippen molar-refractivity contribution in [2.24, 2.45) is 11.8 Å². The second kappa shape index (κ2) is 8.37. The zero-order valence-electron chi connectivity index (χ0n) is 16.0. The molecule has 3 rings (SSSR count). The number of carbonyl (C=O) groups excluding carboxylic acids is 4. The number of benzene rings is 1. The molecule has 0 unspecified atom stereocenters. The number of ether oxygens (including phenoxy) is 1. The molecule has 1 aliphatic heterocycles. The zero-order valence-corrected chi connectivity index (χ0v) is 16.0. The van der Waals surface area contributed by atoms with Gasteiger partial charge in [0.15, 0.2) is 6.10 Å². The lowest BCUT2D eigenvalue weighted by atomic mass is 9.85. The summed E-state index contributed by atoms with van der Waals surface area (Å²) in [5.74, 6) is -2.67. The van der Waals surface area contributed by atoms with Crippen LogP contribution in [0.3, 0.4) is 0 Å². The van der Waals surface area contributed by atoms with Crippen LogP contribution in [0.5, 0.6) is 0 Å². The molecule has 1 N–H and O–H groups in total. The number of amides is 3. The SMILES string of the molecule is Cc1ccc(CNC(=O)[C@H](C)OC(=O)CN2C(=O)[C@H]3CC=CC[C@H]3C2=O)cc1. The molecule has 0 radical (unpaired) electrons. The van der Waals surface area contributed by atoms with E-state index in [1.165, 1.54) is 6.92 Å². The van der Waals surface area contributed by atoms with Gasteiger partial charge in [0.25, 0.3) is 5.91 Å². The molecular formula is C21H24N2O5. The number of likely N-dealkylation sites (tertiary alicyclic amines) is 1. The third-order valence-electron chi connectivity index (χ3n) is 5.15. The van der Waals surface area contributed by atoms with Crippen molar-refractivity contribution in [1.82, 2.24) is 10.2 Å². The Morgan fingerprint density at radius 1 is 1.11 bits per heavy atom. The van der Waals surface area contributed by atoms with E-state index >= 15 is 0 Å². The fourth-order valence-corrected chi connectivity index (χ4v) is 3.48. The van der Waals surface area contributed by atoms with Crippen molar-refractivity contribution in [3.05, 3.63) is 47.5 Å². The van der Waals surface area contributed by atoms with Crippen molar-refractivity contribution in [3.8, 4) is 0 Å². The maximum absolute atomic E-state index is 12.4. The van der Waals surface area contributed by atoms with Gasteiger partial charge in [0.2, 0.25) is 11.8 Å². The number of fused-ring (bicyclic) bond motifs is 1. The number of aryl methyl sites for hydroxylation is 1. The molecule has 3 atom stereocenters. The number of hydrogen-bond donors (Lipinski definition) is 1. The minimum Gasteiger partial charge on any atom is -0.451 e. The Kier molecular flexibility index (Phi) is 5.92. The Balaban J connectivity index is 1.48. The van der Waals surface area contributed by atoms with Crippen LogP contribution in [0.15, 0.2) is 36.4 Å². The molecule has 1 fully saturated rings. The fourth-order valence-electron chi connectivity index (χ4n) is 3.48. The number of hydrogen-bond acceptors (Lipinski definition) is 5. The topological polar surface area (TPSA) is 92.8 Å². The Bertz CT molecular complexity index is 789. The normalized spacial score (nSPS) is 22.0. The van der Waals surface area contributed by atoms with Gasteiger partial charge in [-0.25, -0.2) is 0 Å². The molecule has 0 aromatic heterocycles. The lowest BCUT2D eigenvalue weighted by molar-refractivity contribution is -0.159. The maximum atomic E-state index is 12.4.